The van der Waals surface area contributed by atoms with Crippen molar-refractivity contribution in [1.82, 2.24) is 4.57 Å². The summed E-state index contributed by atoms with van der Waals surface area (Å²) in [6.07, 6.45) is -0.0412. The number of hydrogen-bond acceptors (Lipinski definition) is 5. The van der Waals surface area contributed by atoms with E-state index in [1.807, 2.05) is 0 Å². The standard InChI is InChI=1S/C17H14F2N2O5S/c18-16(19)27(24,25)12-7-5-11(6-8-12)20-15(22)9-10-21-13-3-1-2-4-14(13)26-17(21)23/h1-8,16H,9-10H2,(H,20,22). The molecular formula is C17H14F2N2O5S. The first-order valence-electron chi connectivity index (χ1n) is 7.79. The first kappa shape index (κ1) is 18.8. The first-order valence-corrected chi connectivity index (χ1v) is 9.34. The molecule has 10 heteroatoms. The summed E-state index contributed by atoms with van der Waals surface area (Å²) in [6.45, 7) is 0.0829. The van der Waals surface area contributed by atoms with Crippen LogP contribution in [0.4, 0.5) is 14.5 Å². The molecular weight excluding hydrogens is 382 g/mol. The van der Waals surface area contributed by atoms with Crippen molar-refractivity contribution in [3.05, 3.63) is 59.1 Å². The van der Waals surface area contributed by atoms with E-state index in [9.17, 15) is 26.8 Å². The Morgan fingerprint density at radius 3 is 2.44 bits per heavy atom. The summed E-state index contributed by atoms with van der Waals surface area (Å²) in [5, 5.41) is 2.51. The zero-order chi connectivity index (χ0) is 19.6. The van der Waals surface area contributed by atoms with E-state index in [0.717, 1.165) is 12.1 Å². The summed E-state index contributed by atoms with van der Waals surface area (Å²) in [4.78, 5) is 23.4. The van der Waals surface area contributed by atoms with Gasteiger partial charge in [-0.25, -0.2) is 13.2 Å². The van der Waals surface area contributed by atoms with Crippen LogP contribution in [-0.2, 0) is 21.2 Å². The molecule has 0 radical (unpaired) electrons. The van der Waals surface area contributed by atoms with Gasteiger partial charge in [0.1, 0.15) is 0 Å². The Balaban J connectivity index is 1.66. The van der Waals surface area contributed by atoms with Crippen LogP contribution in [0.2, 0.25) is 0 Å². The largest absolute Gasteiger partial charge is 0.419 e. The van der Waals surface area contributed by atoms with Gasteiger partial charge in [-0.3, -0.25) is 9.36 Å². The van der Waals surface area contributed by atoms with Gasteiger partial charge in [-0.1, -0.05) is 12.1 Å². The minimum Gasteiger partial charge on any atom is -0.408 e. The third-order valence-electron chi connectivity index (χ3n) is 3.84. The van der Waals surface area contributed by atoms with Crippen molar-refractivity contribution in [2.45, 2.75) is 23.6 Å². The fraction of sp³-hybridized carbons (Fsp3) is 0.176. The number of para-hydroxylation sites is 2. The highest BCUT2D eigenvalue weighted by Crippen LogP contribution is 2.20. The molecule has 2 aromatic carbocycles. The molecule has 0 fully saturated rings. The maximum Gasteiger partial charge on any atom is 0.419 e. The zero-order valence-electron chi connectivity index (χ0n) is 13.8. The molecule has 0 spiro atoms. The van der Waals surface area contributed by atoms with Crippen LogP contribution in [0.15, 0.2) is 62.6 Å². The Morgan fingerprint density at radius 1 is 1.11 bits per heavy atom. The van der Waals surface area contributed by atoms with Gasteiger partial charge < -0.3 is 9.73 Å². The van der Waals surface area contributed by atoms with Gasteiger partial charge in [0.05, 0.1) is 10.4 Å². The van der Waals surface area contributed by atoms with Crippen LogP contribution in [0.25, 0.3) is 11.1 Å². The SMILES string of the molecule is O=C(CCn1c(=O)oc2ccccc21)Nc1ccc(S(=O)(=O)C(F)F)cc1. The lowest BCUT2D eigenvalue weighted by Crippen LogP contribution is -2.19. The van der Waals surface area contributed by atoms with Crippen molar-refractivity contribution in [1.29, 1.82) is 0 Å². The molecule has 27 heavy (non-hydrogen) atoms. The molecule has 7 nitrogen and oxygen atoms in total. The fourth-order valence-electron chi connectivity index (χ4n) is 2.49. The van der Waals surface area contributed by atoms with Gasteiger partial charge in [-0.05, 0) is 36.4 Å². The van der Waals surface area contributed by atoms with Crippen LogP contribution in [0.1, 0.15) is 6.42 Å². The summed E-state index contributed by atoms with van der Waals surface area (Å²) in [5.41, 5.74) is 1.23. The lowest BCUT2D eigenvalue weighted by Gasteiger charge is -2.07. The van der Waals surface area contributed by atoms with Gasteiger partial charge in [0.25, 0.3) is 0 Å². The van der Waals surface area contributed by atoms with Crippen LogP contribution < -0.4 is 11.1 Å². The van der Waals surface area contributed by atoms with E-state index in [-0.39, 0.29) is 18.7 Å². The van der Waals surface area contributed by atoms with Gasteiger partial charge in [0.2, 0.25) is 15.7 Å². The predicted octanol–water partition coefficient (Wildman–Crippen LogP) is 2.62. The first-order chi connectivity index (χ1) is 12.8. The quantitative estimate of drug-likeness (QED) is 0.691. The molecule has 3 rings (SSSR count). The lowest BCUT2D eigenvalue weighted by atomic mass is 10.3. The fourth-order valence-corrected chi connectivity index (χ4v) is 3.21. The normalized spacial score (nSPS) is 11.8. The van der Waals surface area contributed by atoms with E-state index in [1.165, 1.54) is 16.7 Å². The van der Waals surface area contributed by atoms with Gasteiger partial charge in [-0.2, -0.15) is 8.78 Å². The molecule has 0 aliphatic rings. The predicted molar refractivity (Wildman–Crippen MR) is 93.4 cm³/mol. The molecule has 0 bridgehead atoms. The number of alkyl halides is 2. The number of halogens is 2. The van der Waals surface area contributed by atoms with Crippen LogP contribution >= 0.6 is 0 Å². The van der Waals surface area contributed by atoms with Crippen molar-refractivity contribution in [2.24, 2.45) is 0 Å². The monoisotopic (exact) mass is 396 g/mol. The summed E-state index contributed by atoms with van der Waals surface area (Å²) in [7, 11) is -4.68. The minimum absolute atomic E-state index is 0.0412. The Labute approximate surface area is 152 Å². The Bertz CT molecular complexity index is 1130. The highest BCUT2D eigenvalue weighted by atomic mass is 32.2. The molecule has 0 aliphatic heterocycles. The number of carbonyl (C=O) groups is 1. The topological polar surface area (TPSA) is 98.4 Å². The number of rotatable bonds is 6. The van der Waals surface area contributed by atoms with E-state index in [1.54, 1.807) is 24.3 Å². The average molecular weight is 396 g/mol. The number of aromatic nitrogens is 1. The van der Waals surface area contributed by atoms with Crippen molar-refractivity contribution < 1.29 is 26.4 Å². The Kier molecular flexibility index (Phi) is 5.08. The van der Waals surface area contributed by atoms with Gasteiger partial charge in [0, 0.05) is 18.7 Å². The number of oxazole rings is 1. The minimum atomic E-state index is -4.68. The molecule has 1 aromatic heterocycles. The highest BCUT2D eigenvalue weighted by molar-refractivity contribution is 7.91. The number of sulfone groups is 1. The summed E-state index contributed by atoms with van der Waals surface area (Å²) < 4.78 is 54.1. The summed E-state index contributed by atoms with van der Waals surface area (Å²) in [6, 6.07) is 11.2. The lowest BCUT2D eigenvalue weighted by molar-refractivity contribution is -0.116. The van der Waals surface area contributed by atoms with Gasteiger partial charge in [0.15, 0.2) is 5.58 Å². The second-order valence-electron chi connectivity index (χ2n) is 5.62. The van der Waals surface area contributed by atoms with Crippen LogP contribution in [0.5, 0.6) is 0 Å². The third-order valence-corrected chi connectivity index (χ3v) is 5.24. The number of fused-ring (bicyclic) bond motifs is 1. The second-order valence-corrected chi connectivity index (χ2v) is 7.53. The third kappa shape index (κ3) is 3.90. The number of nitrogens with one attached hydrogen (secondary N) is 1. The van der Waals surface area contributed by atoms with E-state index in [4.69, 9.17) is 4.42 Å². The second kappa shape index (κ2) is 7.31. The molecule has 0 aliphatic carbocycles. The number of hydrogen-bond donors (Lipinski definition) is 1. The van der Waals surface area contributed by atoms with E-state index in [0.29, 0.717) is 11.1 Å². The van der Waals surface area contributed by atoms with Gasteiger partial charge >= 0.3 is 11.5 Å². The van der Waals surface area contributed by atoms with Gasteiger partial charge in [-0.15, -0.1) is 0 Å². The highest BCUT2D eigenvalue weighted by Gasteiger charge is 2.26. The van der Waals surface area contributed by atoms with Crippen molar-refractivity contribution in [2.75, 3.05) is 5.32 Å². The summed E-state index contributed by atoms with van der Waals surface area (Å²) in [5.74, 6) is -4.52. The summed E-state index contributed by atoms with van der Waals surface area (Å²) >= 11 is 0. The molecule has 3 aromatic rings. The van der Waals surface area contributed by atoms with E-state index >= 15 is 0 Å². The number of benzene rings is 2. The molecule has 1 N–H and O–H groups in total. The number of anilines is 1. The zero-order valence-corrected chi connectivity index (χ0v) is 14.6. The average Bonchev–Trinajstić information content (AvgIpc) is 2.95. The maximum atomic E-state index is 12.5. The molecule has 1 amide bonds. The smallest absolute Gasteiger partial charge is 0.408 e. The van der Waals surface area contributed by atoms with Crippen LogP contribution in [0.3, 0.4) is 0 Å². The Morgan fingerprint density at radius 2 is 1.78 bits per heavy atom. The van der Waals surface area contributed by atoms with E-state index in [2.05, 4.69) is 5.32 Å². The van der Waals surface area contributed by atoms with Crippen molar-refractivity contribution in [3.63, 3.8) is 0 Å². The molecule has 1 heterocycles. The molecule has 142 valence electrons. The van der Waals surface area contributed by atoms with Crippen molar-refractivity contribution in [3.8, 4) is 0 Å². The molecule has 0 saturated carbocycles. The van der Waals surface area contributed by atoms with E-state index < -0.39 is 32.2 Å². The number of amides is 1. The maximum absolute atomic E-state index is 12.5. The number of nitrogens with zero attached hydrogens (tertiary/aromatic N) is 1. The van der Waals surface area contributed by atoms with Crippen LogP contribution in [0, 0.1) is 0 Å². The van der Waals surface area contributed by atoms with Crippen molar-refractivity contribution >= 4 is 32.5 Å². The molecule has 0 unspecified atom stereocenters. The Hall–Kier alpha value is -3.01. The van der Waals surface area contributed by atoms with Crippen LogP contribution in [-0.4, -0.2) is 24.6 Å². The number of aryl methyl sites for hydroxylation is 1. The molecule has 0 atom stereocenters. The number of carbonyl (C=O) groups excluding carboxylic acids is 1. The molecule has 0 saturated heterocycles.